The van der Waals surface area contributed by atoms with Crippen LogP contribution in [0.2, 0.25) is 0 Å². The second-order valence-corrected chi connectivity index (χ2v) is 6.17. The number of piperidine rings is 1. The average Bonchev–Trinajstić information content (AvgIpc) is 2.62. The SMILES string of the molecule is CN(C[C@]1(O)CCCN(c2ccccn2)C1)C(=O)c1ncccn1. The molecule has 1 amide bonds. The van der Waals surface area contributed by atoms with E-state index in [0.717, 1.165) is 18.8 Å². The fraction of sp³-hybridized carbons (Fsp3) is 0.412. The van der Waals surface area contributed by atoms with E-state index in [-0.39, 0.29) is 18.3 Å². The molecule has 0 aliphatic carbocycles. The maximum Gasteiger partial charge on any atom is 0.291 e. The molecule has 2 aromatic rings. The molecule has 0 unspecified atom stereocenters. The van der Waals surface area contributed by atoms with Crippen LogP contribution >= 0.6 is 0 Å². The molecule has 1 saturated heterocycles. The van der Waals surface area contributed by atoms with Crippen molar-refractivity contribution < 1.29 is 9.90 Å². The van der Waals surface area contributed by atoms with Crippen LogP contribution < -0.4 is 4.90 Å². The zero-order valence-corrected chi connectivity index (χ0v) is 13.7. The summed E-state index contributed by atoms with van der Waals surface area (Å²) in [5, 5.41) is 11.0. The van der Waals surface area contributed by atoms with Gasteiger partial charge >= 0.3 is 0 Å². The van der Waals surface area contributed by atoms with Crippen molar-refractivity contribution in [2.24, 2.45) is 0 Å². The normalized spacial score (nSPS) is 20.7. The minimum atomic E-state index is -0.977. The van der Waals surface area contributed by atoms with E-state index in [2.05, 4.69) is 19.9 Å². The molecule has 2 aromatic heterocycles. The number of amides is 1. The number of carbonyl (C=O) groups excluding carboxylic acids is 1. The minimum Gasteiger partial charge on any atom is -0.386 e. The number of anilines is 1. The van der Waals surface area contributed by atoms with Crippen LogP contribution in [0.4, 0.5) is 5.82 Å². The first kappa shape index (κ1) is 16.3. The highest BCUT2D eigenvalue weighted by molar-refractivity contribution is 5.90. The van der Waals surface area contributed by atoms with E-state index in [1.54, 1.807) is 19.3 Å². The summed E-state index contributed by atoms with van der Waals surface area (Å²) in [6.07, 6.45) is 6.30. The molecular formula is C17H21N5O2. The summed E-state index contributed by atoms with van der Waals surface area (Å²) in [4.78, 5) is 28.2. The third kappa shape index (κ3) is 3.68. The summed E-state index contributed by atoms with van der Waals surface area (Å²) in [5.74, 6) is 0.691. The van der Waals surface area contributed by atoms with Gasteiger partial charge in [-0.1, -0.05) is 6.07 Å². The molecule has 0 saturated carbocycles. The lowest BCUT2D eigenvalue weighted by atomic mass is 9.92. The molecule has 1 aliphatic heterocycles. The standard InChI is InChI=1S/C17H21N5O2/c1-21(16(23)15-19-9-5-10-20-15)12-17(24)7-4-11-22(13-17)14-6-2-3-8-18-14/h2-3,5-6,8-10,24H,4,7,11-13H2,1H3/t17-/m1/s1. The predicted octanol–water partition coefficient (Wildman–Crippen LogP) is 0.975. The quantitative estimate of drug-likeness (QED) is 0.901. The Morgan fingerprint density at radius 1 is 1.25 bits per heavy atom. The van der Waals surface area contributed by atoms with Gasteiger partial charge in [0.15, 0.2) is 0 Å². The Morgan fingerprint density at radius 3 is 2.71 bits per heavy atom. The second-order valence-electron chi connectivity index (χ2n) is 6.17. The first-order chi connectivity index (χ1) is 11.6. The van der Waals surface area contributed by atoms with Gasteiger partial charge in [-0.3, -0.25) is 4.79 Å². The molecule has 24 heavy (non-hydrogen) atoms. The van der Waals surface area contributed by atoms with Crippen LogP contribution in [0.3, 0.4) is 0 Å². The Labute approximate surface area is 141 Å². The number of carbonyl (C=O) groups is 1. The highest BCUT2D eigenvalue weighted by atomic mass is 16.3. The summed E-state index contributed by atoms with van der Waals surface area (Å²) >= 11 is 0. The van der Waals surface area contributed by atoms with Gasteiger partial charge in [0.1, 0.15) is 5.82 Å². The molecule has 1 fully saturated rings. The van der Waals surface area contributed by atoms with Gasteiger partial charge in [-0.15, -0.1) is 0 Å². The molecule has 0 spiro atoms. The Morgan fingerprint density at radius 2 is 2.00 bits per heavy atom. The molecule has 7 nitrogen and oxygen atoms in total. The Bertz CT molecular complexity index is 682. The molecule has 1 atom stereocenters. The molecule has 1 N–H and O–H groups in total. The number of hydrogen-bond acceptors (Lipinski definition) is 6. The summed E-state index contributed by atoms with van der Waals surface area (Å²) in [6.45, 7) is 1.52. The highest BCUT2D eigenvalue weighted by Gasteiger charge is 2.36. The zero-order chi connectivity index (χ0) is 17.0. The van der Waals surface area contributed by atoms with Gasteiger partial charge in [0.2, 0.25) is 5.82 Å². The smallest absolute Gasteiger partial charge is 0.291 e. The summed E-state index contributed by atoms with van der Waals surface area (Å²) in [6, 6.07) is 7.39. The lowest BCUT2D eigenvalue weighted by Crippen LogP contribution is -2.55. The van der Waals surface area contributed by atoms with Gasteiger partial charge < -0.3 is 14.9 Å². The minimum absolute atomic E-state index is 0.140. The van der Waals surface area contributed by atoms with Crippen molar-refractivity contribution in [1.82, 2.24) is 19.9 Å². The second kappa shape index (κ2) is 6.92. The van der Waals surface area contributed by atoms with E-state index in [0.29, 0.717) is 13.0 Å². The molecule has 3 rings (SSSR count). The van der Waals surface area contributed by atoms with Crippen molar-refractivity contribution in [3.05, 3.63) is 48.7 Å². The van der Waals surface area contributed by atoms with E-state index in [1.165, 1.54) is 17.3 Å². The molecule has 0 bridgehead atoms. The predicted molar refractivity (Wildman–Crippen MR) is 89.6 cm³/mol. The maximum absolute atomic E-state index is 12.4. The van der Waals surface area contributed by atoms with Gasteiger partial charge in [-0.05, 0) is 31.0 Å². The number of β-amino-alcohol motifs (C(OH)–C–C–N with tert-alkyl or cyclic N) is 1. The number of rotatable bonds is 4. The molecule has 1 aliphatic rings. The molecule has 126 valence electrons. The summed E-state index contributed by atoms with van der Waals surface area (Å²) in [5.41, 5.74) is -0.977. The van der Waals surface area contributed by atoms with Crippen LogP contribution in [0.1, 0.15) is 23.5 Å². The molecule has 0 aromatic carbocycles. The van der Waals surface area contributed by atoms with E-state index in [1.807, 2.05) is 18.2 Å². The van der Waals surface area contributed by atoms with Crippen LogP contribution in [0, 0.1) is 0 Å². The van der Waals surface area contributed by atoms with Crippen LogP contribution in [-0.2, 0) is 0 Å². The van der Waals surface area contributed by atoms with Crippen LogP contribution in [0.15, 0.2) is 42.9 Å². The van der Waals surface area contributed by atoms with Crippen LogP contribution in [0.25, 0.3) is 0 Å². The van der Waals surface area contributed by atoms with Crippen molar-refractivity contribution in [2.45, 2.75) is 18.4 Å². The molecule has 0 radical (unpaired) electrons. The molecule has 7 heteroatoms. The number of pyridine rings is 1. The number of nitrogens with zero attached hydrogens (tertiary/aromatic N) is 5. The first-order valence-electron chi connectivity index (χ1n) is 7.98. The Balaban J connectivity index is 1.68. The first-order valence-corrected chi connectivity index (χ1v) is 7.98. The lowest BCUT2D eigenvalue weighted by molar-refractivity contribution is -0.000436. The fourth-order valence-electron chi connectivity index (χ4n) is 3.07. The average molecular weight is 327 g/mol. The van der Waals surface area contributed by atoms with Gasteiger partial charge in [0, 0.05) is 38.7 Å². The lowest BCUT2D eigenvalue weighted by Gasteiger charge is -2.41. The van der Waals surface area contributed by atoms with Crippen LogP contribution in [0.5, 0.6) is 0 Å². The van der Waals surface area contributed by atoms with Crippen molar-refractivity contribution in [3.8, 4) is 0 Å². The Hall–Kier alpha value is -2.54. The largest absolute Gasteiger partial charge is 0.386 e. The third-order valence-corrected chi connectivity index (χ3v) is 4.16. The number of hydrogen-bond donors (Lipinski definition) is 1. The van der Waals surface area contributed by atoms with E-state index in [4.69, 9.17) is 0 Å². The highest BCUT2D eigenvalue weighted by Crippen LogP contribution is 2.25. The Kier molecular flexibility index (Phi) is 4.71. The van der Waals surface area contributed by atoms with Crippen molar-refractivity contribution in [2.75, 3.05) is 31.6 Å². The van der Waals surface area contributed by atoms with Crippen molar-refractivity contribution in [1.29, 1.82) is 0 Å². The van der Waals surface area contributed by atoms with Crippen molar-refractivity contribution in [3.63, 3.8) is 0 Å². The van der Waals surface area contributed by atoms with E-state index < -0.39 is 5.60 Å². The van der Waals surface area contributed by atoms with Crippen molar-refractivity contribution >= 4 is 11.7 Å². The van der Waals surface area contributed by atoms with Gasteiger partial charge in [-0.2, -0.15) is 0 Å². The van der Waals surface area contributed by atoms with E-state index in [9.17, 15) is 9.90 Å². The monoisotopic (exact) mass is 327 g/mol. The number of aromatic nitrogens is 3. The third-order valence-electron chi connectivity index (χ3n) is 4.16. The van der Waals surface area contributed by atoms with Gasteiger partial charge in [0.05, 0.1) is 12.1 Å². The van der Waals surface area contributed by atoms with Crippen LogP contribution in [-0.4, -0.2) is 63.1 Å². The maximum atomic E-state index is 12.4. The molecular weight excluding hydrogens is 306 g/mol. The number of aliphatic hydroxyl groups is 1. The van der Waals surface area contributed by atoms with E-state index >= 15 is 0 Å². The number of likely N-dealkylation sites (N-methyl/N-ethyl adjacent to an activating group) is 1. The zero-order valence-electron chi connectivity index (χ0n) is 13.7. The van der Waals surface area contributed by atoms with Gasteiger partial charge in [0.25, 0.3) is 5.91 Å². The molecule has 3 heterocycles. The summed E-state index contributed by atoms with van der Waals surface area (Å²) < 4.78 is 0. The topological polar surface area (TPSA) is 82.5 Å². The van der Waals surface area contributed by atoms with Gasteiger partial charge in [-0.25, -0.2) is 15.0 Å². The summed E-state index contributed by atoms with van der Waals surface area (Å²) in [7, 11) is 1.66. The fourth-order valence-corrected chi connectivity index (χ4v) is 3.07.